The Morgan fingerprint density at radius 2 is 2.00 bits per heavy atom. The van der Waals surface area contributed by atoms with Gasteiger partial charge in [-0.1, -0.05) is 30.7 Å². The summed E-state index contributed by atoms with van der Waals surface area (Å²) in [4.78, 5) is 37.0. The van der Waals surface area contributed by atoms with E-state index in [2.05, 4.69) is 5.32 Å². The molecule has 1 N–H and O–H groups in total. The van der Waals surface area contributed by atoms with E-state index in [1.807, 2.05) is 6.92 Å². The van der Waals surface area contributed by atoms with Gasteiger partial charge >= 0.3 is 0 Å². The second-order valence-corrected chi connectivity index (χ2v) is 6.10. The summed E-state index contributed by atoms with van der Waals surface area (Å²) in [5.74, 6) is -0.784. The predicted molar refractivity (Wildman–Crippen MR) is 87.4 cm³/mol. The van der Waals surface area contributed by atoms with Crippen LogP contribution in [-0.2, 0) is 9.59 Å². The third-order valence-electron chi connectivity index (χ3n) is 2.92. The second kappa shape index (κ2) is 7.47. The lowest BCUT2D eigenvalue weighted by Crippen LogP contribution is -2.39. The highest BCUT2D eigenvalue weighted by Gasteiger charge is 2.36. The van der Waals surface area contributed by atoms with Crippen LogP contribution in [0.1, 0.15) is 18.9 Å². The fourth-order valence-corrected chi connectivity index (χ4v) is 2.77. The van der Waals surface area contributed by atoms with Crippen molar-refractivity contribution in [2.24, 2.45) is 0 Å². The van der Waals surface area contributed by atoms with Crippen LogP contribution in [0.4, 0.5) is 4.79 Å². The Morgan fingerprint density at radius 1 is 1.32 bits per heavy atom. The first-order valence-electron chi connectivity index (χ1n) is 6.79. The minimum atomic E-state index is -0.448. The number of halogens is 1. The number of amides is 3. The highest BCUT2D eigenvalue weighted by molar-refractivity contribution is 8.18. The molecule has 1 fully saturated rings. The van der Waals surface area contributed by atoms with Crippen LogP contribution in [0.25, 0.3) is 6.08 Å². The van der Waals surface area contributed by atoms with Crippen molar-refractivity contribution in [1.82, 2.24) is 10.2 Å². The van der Waals surface area contributed by atoms with Crippen LogP contribution in [0, 0.1) is 0 Å². The second-order valence-electron chi connectivity index (χ2n) is 4.67. The highest BCUT2D eigenvalue weighted by Crippen LogP contribution is 2.32. The maximum absolute atomic E-state index is 12.2. The van der Waals surface area contributed by atoms with Crippen LogP contribution in [0.2, 0.25) is 5.02 Å². The SMILES string of the molecule is CCCNC(=O)CN1C(=O)S/C(=C\c2ccc(Cl)cc2)C1=O. The number of hydrogen-bond donors (Lipinski definition) is 1. The van der Waals surface area contributed by atoms with Crippen molar-refractivity contribution in [3.8, 4) is 0 Å². The van der Waals surface area contributed by atoms with Crippen molar-refractivity contribution < 1.29 is 14.4 Å². The molecular formula is C15H15ClN2O3S. The molecule has 0 saturated carbocycles. The Balaban J connectivity index is 2.08. The van der Waals surface area contributed by atoms with Crippen LogP contribution in [0.5, 0.6) is 0 Å². The topological polar surface area (TPSA) is 66.5 Å². The zero-order chi connectivity index (χ0) is 16.1. The molecule has 0 aliphatic carbocycles. The van der Waals surface area contributed by atoms with Crippen molar-refractivity contribution in [2.75, 3.05) is 13.1 Å². The standard InChI is InChI=1S/C15H15ClN2O3S/c1-2-7-17-13(19)9-18-14(20)12(22-15(18)21)8-10-3-5-11(16)6-4-10/h3-6,8H,2,7,9H2,1H3,(H,17,19)/b12-8-. The smallest absolute Gasteiger partial charge is 0.294 e. The predicted octanol–water partition coefficient (Wildman–Crippen LogP) is 2.90. The number of thioether (sulfide) groups is 1. The molecule has 7 heteroatoms. The Hall–Kier alpha value is -1.79. The molecule has 0 unspecified atom stereocenters. The molecule has 116 valence electrons. The molecule has 1 aromatic rings. The lowest BCUT2D eigenvalue weighted by atomic mass is 10.2. The van der Waals surface area contributed by atoms with Crippen LogP contribution >= 0.6 is 23.4 Å². The lowest BCUT2D eigenvalue weighted by molar-refractivity contribution is -0.129. The highest BCUT2D eigenvalue weighted by atomic mass is 35.5. The van der Waals surface area contributed by atoms with Crippen molar-refractivity contribution >= 4 is 46.5 Å². The molecular weight excluding hydrogens is 324 g/mol. The molecule has 2 rings (SSSR count). The maximum Gasteiger partial charge on any atom is 0.294 e. The van der Waals surface area contributed by atoms with Crippen LogP contribution in [0.15, 0.2) is 29.2 Å². The van der Waals surface area contributed by atoms with Gasteiger partial charge in [-0.2, -0.15) is 0 Å². The first-order valence-corrected chi connectivity index (χ1v) is 7.98. The van der Waals surface area contributed by atoms with E-state index < -0.39 is 11.1 Å². The Kier molecular flexibility index (Phi) is 5.63. The van der Waals surface area contributed by atoms with E-state index in [0.717, 1.165) is 28.6 Å². The summed E-state index contributed by atoms with van der Waals surface area (Å²) >= 11 is 6.63. The van der Waals surface area contributed by atoms with Gasteiger partial charge in [0, 0.05) is 11.6 Å². The average molecular weight is 339 g/mol. The molecule has 1 aliphatic rings. The Labute approximate surface area is 137 Å². The van der Waals surface area contributed by atoms with Gasteiger partial charge in [0.05, 0.1) is 4.91 Å². The normalized spacial score (nSPS) is 16.5. The van der Waals surface area contributed by atoms with Crippen molar-refractivity contribution in [2.45, 2.75) is 13.3 Å². The van der Waals surface area contributed by atoms with E-state index in [0.29, 0.717) is 16.5 Å². The minimum absolute atomic E-state index is 0.247. The summed E-state index contributed by atoms with van der Waals surface area (Å²) in [7, 11) is 0. The monoisotopic (exact) mass is 338 g/mol. The van der Waals surface area contributed by atoms with Gasteiger partial charge in [-0.15, -0.1) is 0 Å². The third-order valence-corrected chi connectivity index (χ3v) is 4.07. The number of carbonyl (C=O) groups is 3. The molecule has 1 saturated heterocycles. The number of carbonyl (C=O) groups excluding carboxylic acids is 3. The van der Waals surface area contributed by atoms with E-state index in [1.54, 1.807) is 30.3 Å². The number of imide groups is 1. The molecule has 3 amide bonds. The van der Waals surface area contributed by atoms with Crippen LogP contribution in [0.3, 0.4) is 0 Å². The van der Waals surface area contributed by atoms with Crippen LogP contribution in [-0.4, -0.2) is 35.0 Å². The number of hydrogen-bond acceptors (Lipinski definition) is 4. The number of benzene rings is 1. The van der Waals surface area contributed by atoms with E-state index in [9.17, 15) is 14.4 Å². The molecule has 0 spiro atoms. The van der Waals surface area contributed by atoms with Gasteiger partial charge in [-0.25, -0.2) is 0 Å². The van der Waals surface area contributed by atoms with E-state index in [-0.39, 0.29) is 12.5 Å². The summed E-state index contributed by atoms with van der Waals surface area (Å²) in [5.41, 5.74) is 0.769. The average Bonchev–Trinajstić information content (AvgIpc) is 2.75. The van der Waals surface area contributed by atoms with Crippen LogP contribution < -0.4 is 5.32 Å². The summed E-state index contributed by atoms with van der Waals surface area (Å²) in [6.45, 7) is 2.20. The Bertz CT molecular complexity index is 628. The van der Waals surface area contributed by atoms with Crippen molar-refractivity contribution in [1.29, 1.82) is 0 Å². The first kappa shape index (κ1) is 16.6. The molecule has 0 radical (unpaired) electrons. The van der Waals surface area contributed by atoms with E-state index >= 15 is 0 Å². The van der Waals surface area contributed by atoms with Gasteiger partial charge in [-0.05, 0) is 42.0 Å². The molecule has 1 aliphatic heterocycles. The molecule has 5 nitrogen and oxygen atoms in total. The summed E-state index contributed by atoms with van der Waals surface area (Å²) in [5, 5.41) is 2.80. The zero-order valence-electron chi connectivity index (χ0n) is 12.0. The fraction of sp³-hybridized carbons (Fsp3) is 0.267. The van der Waals surface area contributed by atoms with Crippen molar-refractivity contribution in [3.05, 3.63) is 39.8 Å². The molecule has 1 aromatic carbocycles. The fourth-order valence-electron chi connectivity index (χ4n) is 1.81. The molecule has 0 bridgehead atoms. The van der Waals surface area contributed by atoms with Gasteiger partial charge in [0.2, 0.25) is 5.91 Å². The minimum Gasteiger partial charge on any atom is -0.355 e. The largest absolute Gasteiger partial charge is 0.355 e. The van der Waals surface area contributed by atoms with Gasteiger partial charge < -0.3 is 5.32 Å². The lowest BCUT2D eigenvalue weighted by Gasteiger charge is -2.11. The van der Waals surface area contributed by atoms with Gasteiger partial charge in [0.25, 0.3) is 11.1 Å². The molecule has 0 aromatic heterocycles. The van der Waals surface area contributed by atoms with Gasteiger partial charge in [0.15, 0.2) is 0 Å². The number of rotatable bonds is 5. The van der Waals surface area contributed by atoms with E-state index in [4.69, 9.17) is 11.6 Å². The number of nitrogens with one attached hydrogen (secondary N) is 1. The van der Waals surface area contributed by atoms with Gasteiger partial charge in [-0.3, -0.25) is 19.3 Å². The summed E-state index contributed by atoms with van der Waals surface area (Å²) in [6.07, 6.45) is 2.41. The maximum atomic E-state index is 12.2. The molecule has 22 heavy (non-hydrogen) atoms. The third kappa shape index (κ3) is 4.11. The van der Waals surface area contributed by atoms with E-state index in [1.165, 1.54) is 0 Å². The van der Waals surface area contributed by atoms with Gasteiger partial charge in [0.1, 0.15) is 6.54 Å². The first-order chi connectivity index (χ1) is 10.5. The summed E-state index contributed by atoms with van der Waals surface area (Å²) in [6, 6.07) is 6.92. The molecule has 0 atom stereocenters. The summed E-state index contributed by atoms with van der Waals surface area (Å²) < 4.78 is 0. The molecule has 1 heterocycles. The zero-order valence-corrected chi connectivity index (χ0v) is 13.5. The quantitative estimate of drug-likeness (QED) is 0.838. The Morgan fingerprint density at radius 3 is 2.64 bits per heavy atom. The number of nitrogens with zero attached hydrogens (tertiary/aromatic N) is 1. The van der Waals surface area contributed by atoms with Crippen molar-refractivity contribution in [3.63, 3.8) is 0 Å².